The Hall–Kier alpha value is -7.56. The average molecular weight is 715 g/mol. The average Bonchev–Trinajstić information content (AvgIpc) is 3.80. The molecule has 8 aromatic carbocycles. The van der Waals surface area contributed by atoms with Gasteiger partial charge in [0.15, 0.2) is 5.82 Å². The van der Waals surface area contributed by atoms with Crippen LogP contribution in [-0.2, 0) is 0 Å². The summed E-state index contributed by atoms with van der Waals surface area (Å²) in [5.74, 6) is 0.701. The number of fused-ring (bicyclic) bond motifs is 7. The van der Waals surface area contributed by atoms with Crippen molar-refractivity contribution < 1.29 is 0 Å². The molecule has 11 aromatic rings. The third-order valence-corrected chi connectivity index (χ3v) is 10.9. The highest BCUT2D eigenvalue weighted by Gasteiger charge is 2.23. The molecule has 0 saturated carbocycles. The fourth-order valence-electron chi connectivity index (χ4n) is 8.42. The Morgan fingerprint density at radius 2 is 0.893 bits per heavy atom. The number of aromatic nitrogens is 4. The van der Waals surface area contributed by atoms with Crippen LogP contribution in [0.25, 0.3) is 100 Å². The molecular weight excluding hydrogens is 681 g/mol. The topological polar surface area (TPSA) is 35.6 Å². The molecule has 56 heavy (non-hydrogen) atoms. The van der Waals surface area contributed by atoms with Gasteiger partial charge >= 0.3 is 0 Å². The van der Waals surface area contributed by atoms with E-state index in [9.17, 15) is 0 Å². The van der Waals surface area contributed by atoms with E-state index in [-0.39, 0.29) is 0 Å². The molecule has 0 aliphatic rings. The van der Waals surface area contributed by atoms with Gasteiger partial charge in [-0.25, -0.2) is 9.97 Å². The second-order valence-electron chi connectivity index (χ2n) is 14.2. The van der Waals surface area contributed by atoms with Gasteiger partial charge in [-0.05, 0) is 54.1 Å². The van der Waals surface area contributed by atoms with Gasteiger partial charge in [0, 0.05) is 49.5 Å². The van der Waals surface area contributed by atoms with Gasteiger partial charge in [0.2, 0.25) is 0 Å². The van der Waals surface area contributed by atoms with Gasteiger partial charge in [0.05, 0.1) is 39.1 Å². The zero-order valence-electron chi connectivity index (χ0n) is 30.4. The lowest BCUT2D eigenvalue weighted by Gasteiger charge is -2.17. The smallest absolute Gasteiger partial charge is 0.160 e. The Morgan fingerprint density at radius 1 is 0.339 bits per heavy atom. The van der Waals surface area contributed by atoms with Gasteiger partial charge in [-0.15, -0.1) is 0 Å². The number of benzene rings is 8. The van der Waals surface area contributed by atoms with Gasteiger partial charge in [0.1, 0.15) is 0 Å². The highest BCUT2D eigenvalue weighted by Crippen LogP contribution is 2.44. The molecule has 3 heterocycles. The number of rotatable bonds is 6. The zero-order valence-corrected chi connectivity index (χ0v) is 30.4. The van der Waals surface area contributed by atoms with Crippen molar-refractivity contribution in [2.45, 2.75) is 0 Å². The van der Waals surface area contributed by atoms with Gasteiger partial charge in [-0.2, -0.15) is 0 Å². The molecule has 0 fully saturated rings. The van der Waals surface area contributed by atoms with E-state index < -0.39 is 0 Å². The zero-order chi connectivity index (χ0) is 37.0. The van der Waals surface area contributed by atoms with Crippen molar-refractivity contribution in [1.29, 1.82) is 0 Å². The van der Waals surface area contributed by atoms with E-state index in [1.165, 1.54) is 38.1 Å². The Labute approximate surface area is 324 Å². The Bertz CT molecular complexity index is 3160. The lowest BCUT2D eigenvalue weighted by Crippen LogP contribution is -2.00. The number of hydrogen-bond acceptors (Lipinski definition) is 2. The molecular formula is C52H34N4. The number of hydrogen-bond donors (Lipinski definition) is 0. The molecule has 0 amide bonds. The van der Waals surface area contributed by atoms with Gasteiger partial charge in [-0.1, -0.05) is 158 Å². The van der Waals surface area contributed by atoms with Crippen LogP contribution in [0.1, 0.15) is 0 Å². The predicted molar refractivity (Wildman–Crippen MR) is 232 cm³/mol. The third-order valence-electron chi connectivity index (χ3n) is 10.9. The van der Waals surface area contributed by atoms with Gasteiger partial charge in [-0.3, -0.25) is 0 Å². The predicted octanol–water partition coefficient (Wildman–Crippen LogP) is 13.3. The van der Waals surface area contributed by atoms with Crippen LogP contribution in [0.3, 0.4) is 0 Å². The largest absolute Gasteiger partial charge is 0.309 e. The van der Waals surface area contributed by atoms with E-state index in [4.69, 9.17) is 9.97 Å². The van der Waals surface area contributed by atoms with E-state index >= 15 is 0 Å². The Kier molecular flexibility index (Phi) is 7.46. The van der Waals surface area contributed by atoms with Gasteiger partial charge < -0.3 is 9.13 Å². The van der Waals surface area contributed by atoms with Crippen LogP contribution in [0.2, 0.25) is 0 Å². The number of para-hydroxylation sites is 3. The van der Waals surface area contributed by atoms with Crippen molar-refractivity contribution in [1.82, 2.24) is 19.1 Å². The summed E-state index contributed by atoms with van der Waals surface area (Å²) in [5, 5.41) is 4.90. The van der Waals surface area contributed by atoms with E-state index in [2.05, 4.69) is 191 Å². The normalized spacial score (nSPS) is 11.6. The van der Waals surface area contributed by atoms with Crippen LogP contribution < -0.4 is 0 Å². The minimum Gasteiger partial charge on any atom is -0.309 e. The highest BCUT2D eigenvalue weighted by atomic mass is 15.0. The lowest BCUT2D eigenvalue weighted by atomic mass is 9.98. The van der Waals surface area contributed by atoms with Crippen LogP contribution in [0.4, 0.5) is 0 Å². The first-order chi connectivity index (χ1) is 27.8. The quantitative estimate of drug-likeness (QED) is 0.172. The summed E-state index contributed by atoms with van der Waals surface area (Å²) >= 11 is 0. The minimum atomic E-state index is 0.701. The Balaban J connectivity index is 1.22. The second-order valence-corrected chi connectivity index (χ2v) is 14.2. The number of nitrogens with zero attached hydrogens (tertiary/aromatic N) is 4. The highest BCUT2D eigenvalue weighted by molar-refractivity contribution is 6.26. The standard InChI is InChI=1S/C52H34N4/c1-5-17-35(18-6-1)43-33-38(45-34-44(36-19-7-2-8-20-36)53-52(54-45)37-21-9-3-10-22-37)29-31-48(43)56-46-27-15-13-25-40(46)41-30-32-49-50(51(41)56)42-26-14-16-28-47(42)55(49)39-23-11-4-12-24-39/h1-34H. The van der Waals surface area contributed by atoms with Crippen molar-refractivity contribution in [2.75, 3.05) is 0 Å². The van der Waals surface area contributed by atoms with E-state index in [1.807, 2.05) is 24.3 Å². The van der Waals surface area contributed by atoms with Crippen molar-refractivity contribution >= 4 is 43.6 Å². The molecule has 0 spiro atoms. The van der Waals surface area contributed by atoms with Gasteiger partial charge in [0.25, 0.3) is 0 Å². The maximum absolute atomic E-state index is 5.21. The summed E-state index contributed by atoms with van der Waals surface area (Å²) in [6, 6.07) is 73.2. The fourth-order valence-corrected chi connectivity index (χ4v) is 8.42. The van der Waals surface area contributed by atoms with Crippen LogP contribution in [-0.4, -0.2) is 19.1 Å². The van der Waals surface area contributed by atoms with Crippen molar-refractivity contribution in [3.05, 3.63) is 206 Å². The maximum atomic E-state index is 5.21. The van der Waals surface area contributed by atoms with Crippen LogP contribution in [0.5, 0.6) is 0 Å². The summed E-state index contributed by atoms with van der Waals surface area (Å²) in [4.78, 5) is 10.3. The molecule has 4 nitrogen and oxygen atoms in total. The summed E-state index contributed by atoms with van der Waals surface area (Å²) in [7, 11) is 0. The SMILES string of the molecule is c1ccc(-c2cc(-c3ccc(-n4c5ccccc5c5ccc6c(c7ccccc7n6-c6ccccc6)c54)c(-c4ccccc4)c3)nc(-c3ccccc3)n2)cc1. The molecule has 11 rings (SSSR count). The van der Waals surface area contributed by atoms with Crippen LogP contribution in [0.15, 0.2) is 206 Å². The minimum absolute atomic E-state index is 0.701. The summed E-state index contributed by atoms with van der Waals surface area (Å²) in [6.45, 7) is 0. The molecule has 4 heteroatoms. The summed E-state index contributed by atoms with van der Waals surface area (Å²) in [5.41, 5.74) is 14.0. The molecule has 0 radical (unpaired) electrons. The first kappa shape index (κ1) is 31.9. The van der Waals surface area contributed by atoms with E-state index in [0.29, 0.717) is 5.82 Å². The van der Waals surface area contributed by atoms with Crippen molar-refractivity contribution in [3.8, 4) is 56.4 Å². The van der Waals surface area contributed by atoms with E-state index in [1.54, 1.807) is 0 Å². The fraction of sp³-hybridized carbons (Fsp3) is 0. The lowest BCUT2D eigenvalue weighted by molar-refractivity contribution is 1.17. The molecule has 262 valence electrons. The third kappa shape index (κ3) is 5.15. The molecule has 0 aliphatic carbocycles. The summed E-state index contributed by atoms with van der Waals surface area (Å²) in [6.07, 6.45) is 0. The van der Waals surface area contributed by atoms with Crippen LogP contribution >= 0.6 is 0 Å². The van der Waals surface area contributed by atoms with E-state index in [0.717, 1.165) is 56.1 Å². The molecule has 3 aromatic heterocycles. The Morgan fingerprint density at radius 3 is 1.59 bits per heavy atom. The van der Waals surface area contributed by atoms with Crippen molar-refractivity contribution in [2.24, 2.45) is 0 Å². The molecule has 0 saturated heterocycles. The van der Waals surface area contributed by atoms with Crippen molar-refractivity contribution in [3.63, 3.8) is 0 Å². The second kappa shape index (κ2) is 13.1. The molecule has 0 bridgehead atoms. The van der Waals surface area contributed by atoms with Crippen LogP contribution in [0, 0.1) is 0 Å². The first-order valence-electron chi connectivity index (χ1n) is 19.0. The molecule has 0 unspecified atom stereocenters. The monoisotopic (exact) mass is 714 g/mol. The summed E-state index contributed by atoms with van der Waals surface area (Å²) < 4.78 is 4.89. The molecule has 0 N–H and O–H groups in total. The molecule has 0 atom stereocenters. The maximum Gasteiger partial charge on any atom is 0.160 e. The first-order valence-corrected chi connectivity index (χ1v) is 19.0. The molecule has 0 aliphatic heterocycles.